The zero-order valence-electron chi connectivity index (χ0n) is 12.0. The lowest BCUT2D eigenvalue weighted by Crippen LogP contribution is -2.37. The molecule has 0 spiro atoms. The maximum Gasteiger partial charge on any atom is 0.306 e. The molecule has 1 amide bonds. The molecule has 0 radical (unpaired) electrons. The molecular formula is C15H20N2O4. The van der Waals surface area contributed by atoms with E-state index < -0.39 is 5.97 Å². The van der Waals surface area contributed by atoms with Gasteiger partial charge in [-0.3, -0.25) is 9.59 Å². The van der Waals surface area contributed by atoms with Crippen molar-refractivity contribution in [2.24, 2.45) is 11.8 Å². The van der Waals surface area contributed by atoms with E-state index >= 15 is 0 Å². The van der Waals surface area contributed by atoms with E-state index in [1.54, 1.807) is 18.3 Å². The fraction of sp³-hybridized carbons (Fsp3) is 0.533. The number of nitrogens with zero attached hydrogens (tertiary/aromatic N) is 1. The summed E-state index contributed by atoms with van der Waals surface area (Å²) in [5.74, 6) is -1.16. The summed E-state index contributed by atoms with van der Waals surface area (Å²) < 4.78 is 5.05. The monoisotopic (exact) mass is 292 g/mol. The first-order valence-electron chi connectivity index (χ1n) is 7.13. The summed E-state index contributed by atoms with van der Waals surface area (Å²) in [4.78, 5) is 27.4. The molecule has 1 fully saturated rings. The molecule has 2 N–H and O–H groups in total. The van der Waals surface area contributed by atoms with Crippen LogP contribution in [0.1, 0.15) is 36.0 Å². The Hall–Kier alpha value is -2.11. The van der Waals surface area contributed by atoms with E-state index in [1.165, 1.54) is 7.11 Å². The number of aliphatic carboxylic acids is 1. The largest absolute Gasteiger partial charge is 0.481 e. The third-order valence-corrected chi connectivity index (χ3v) is 3.96. The molecule has 6 heteroatoms. The zero-order chi connectivity index (χ0) is 15.2. The van der Waals surface area contributed by atoms with E-state index in [9.17, 15) is 14.7 Å². The average Bonchev–Trinajstić information content (AvgIpc) is 2.52. The van der Waals surface area contributed by atoms with E-state index in [1.807, 2.05) is 0 Å². The summed E-state index contributed by atoms with van der Waals surface area (Å²) in [5, 5.41) is 12.0. The molecule has 2 unspecified atom stereocenters. The van der Waals surface area contributed by atoms with Crippen LogP contribution in [0.15, 0.2) is 18.3 Å². The van der Waals surface area contributed by atoms with Gasteiger partial charge in [-0.1, -0.05) is 12.8 Å². The Morgan fingerprint density at radius 3 is 2.90 bits per heavy atom. The molecule has 1 aromatic heterocycles. The topological polar surface area (TPSA) is 88.5 Å². The van der Waals surface area contributed by atoms with E-state index in [0.29, 0.717) is 18.5 Å². The number of hydrogen-bond donors (Lipinski definition) is 2. The first-order valence-corrected chi connectivity index (χ1v) is 7.13. The quantitative estimate of drug-likeness (QED) is 0.862. The lowest BCUT2D eigenvalue weighted by molar-refractivity contribution is -0.144. The summed E-state index contributed by atoms with van der Waals surface area (Å²) in [6.45, 7) is 0.369. The number of ether oxygens (including phenoxy) is 1. The van der Waals surface area contributed by atoms with E-state index in [4.69, 9.17) is 4.74 Å². The van der Waals surface area contributed by atoms with Crippen molar-refractivity contribution in [2.75, 3.05) is 13.7 Å². The minimum atomic E-state index is -0.770. The third-order valence-electron chi connectivity index (χ3n) is 3.96. The molecule has 2 rings (SSSR count). The van der Waals surface area contributed by atoms with E-state index in [-0.39, 0.29) is 23.6 Å². The van der Waals surface area contributed by atoms with Crippen molar-refractivity contribution in [1.29, 1.82) is 0 Å². The van der Waals surface area contributed by atoms with Crippen LogP contribution in [-0.2, 0) is 4.79 Å². The lowest BCUT2D eigenvalue weighted by Gasteiger charge is -2.28. The summed E-state index contributed by atoms with van der Waals surface area (Å²) in [7, 11) is 1.46. The maximum absolute atomic E-state index is 12.2. The highest BCUT2D eigenvalue weighted by atomic mass is 16.5. The van der Waals surface area contributed by atoms with Gasteiger partial charge in [0.2, 0.25) is 5.88 Å². The van der Waals surface area contributed by atoms with Gasteiger partial charge >= 0.3 is 5.97 Å². The Kier molecular flexibility index (Phi) is 5.14. The molecular weight excluding hydrogens is 272 g/mol. The summed E-state index contributed by atoms with van der Waals surface area (Å²) in [6.07, 6.45) is 5.03. The molecule has 0 aromatic carbocycles. The van der Waals surface area contributed by atoms with Gasteiger partial charge in [0, 0.05) is 12.7 Å². The SMILES string of the molecule is COc1ncccc1C(=O)NCC1CCCCC1C(=O)O. The second-order valence-electron chi connectivity index (χ2n) is 5.26. The smallest absolute Gasteiger partial charge is 0.306 e. The van der Waals surface area contributed by atoms with Crippen LogP contribution in [0.25, 0.3) is 0 Å². The molecule has 1 heterocycles. The molecule has 0 bridgehead atoms. The van der Waals surface area contributed by atoms with Gasteiger partial charge in [-0.25, -0.2) is 4.98 Å². The van der Waals surface area contributed by atoms with Gasteiger partial charge in [0.1, 0.15) is 5.56 Å². The minimum absolute atomic E-state index is 0.0112. The number of amides is 1. The predicted octanol–water partition coefficient (Wildman–Crippen LogP) is 1.71. The minimum Gasteiger partial charge on any atom is -0.481 e. The number of rotatable bonds is 5. The molecule has 2 atom stereocenters. The molecule has 114 valence electrons. The summed E-state index contributed by atoms with van der Waals surface area (Å²) in [6, 6.07) is 3.30. The Morgan fingerprint density at radius 1 is 1.43 bits per heavy atom. The fourth-order valence-electron chi connectivity index (χ4n) is 2.82. The average molecular weight is 292 g/mol. The van der Waals surface area contributed by atoms with Crippen molar-refractivity contribution in [1.82, 2.24) is 10.3 Å². The lowest BCUT2D eigenvalue weighted by atomic mass is 9.79. The number of carboxylic acid groups (broad SMARTS) is 1. The van der Waals surface area contributed by atoms with Crippen LogP contribution in [0.4, 0.5) is 0 Å². The Morgan fingerprint density at radius 2 is 2.19 bits per heavy atom. The molecule has 6 nitrogen and oxygen atoms in total. The highest BCUT2D eigenvalue weighted by molar-refractivity contribution is 5.96. The fourth-order valence-corrected chi connectivity index (χ4v) is 2.82. The van der Waals surface area contributed by atoms with Gasteiger partial charge in [-0.2, -0.15) is 0 Å². The van der Waals surface area contributed by atoms with Crippen LogP contribution in [-0.4, -0.2) is 35.6 Å². The van der Waals surface area contributed by atoms with Crippen molar-refractivity contribution in [3.05, 3.63) is 23.9 Å². The molecule has 0 aliphatic heterocycles. The highest BCUT2D eigenvalue weighted by Gasteiger charge is 2.31. The Balaban J connectivity index is 1.98. The summed E-state index contributed by atoms with van der Waals surface area (Å²) >= 11 is 0. The van der Waals surface area contributed by atoms with Crippen LogP contribution < -0.4 is 10.1 Å². The van der Waals surface area contributed by atoms with Gasteiger partial charge in [0.25, 0.3) is 5.91 Å². The molecule has 1 aliphatic carbocycles. The van der Waals surface area contributed by atoms with Gasteiger partial charge in [-0.15, -0.1) is 0 Å². The molecule has 1 saturated carbocycles. The van der Waals surface area contributed by atoms with Gasteiger partial charge < -0.3 is 15.2 Å². The second kappa shape index (κ2) is 7.06. The second-order valence-corrected chi connectivity index (χ2v) is 5.26. The van der Waals surface area contributed by atoms with Gasteiger partial charge in [0.05, 0.1) is 13.0 Å². The molecule has 1 aromatic rings. The maximum atomic E-state index is 12.2. The number of methoxy groups -OCH3 is 1. The number of pyridine rings is 1. The predicted molar refractivity (Wildman–Crippen MR) is 76.2 cm³/mol. The molecule has 1 aliphatic rings. The summed E-state index contributed by atoms with van der Waals surface area (Å²) in [5.41, 5.74) is 0.364. The van der Waals surface area contributed by atoms with Crippen LogP contribution >= 0.6 is 0 Å². The van der Waals surface area contributed by atoms with Gasteiger partial charge in [-0.05, 0) is 30.9 Å². The van der Waals surface area contributed by atoms with Crippen molar-refractivity contribution < 1.29 is 19.4 Å². The number of carboxylic acids is 1. The number of hydrogen-bond acceptors (Lipinski definition) is 4. The highest BCUT2D eigenvalue weighted by Crippen LogP contribution is 2.29. The third kappa shape index (κ3) is 3.71. The van der Waals surface area contributed by atoms with Crippen molar-refractivity contribution in [3.63, 3.8) is 0 Å². The number of aromatic nitrogens is 1. The van der Waals surface area contributed by atoms with Gasteiger partial charge in [0.15, 0.2) is 0 Å². The van der Waals surface area contributed by atoms with Crippen molar-refractivity contribution in [3.8, 4) is 5.88 Å². The molecule has 0 saturated heterocycles. The number of carbonyl (C=O) groups excluding carboxylic acids is 1. The van der Waals surface area contributed by atoms with Crippen LogP contribution in [0, 0.1) is 11.8 Å². The Bertz CT molecular complexity index is 518. The van der Waals surface area contributed by atoms with Crippen molar-refractivity contribution in [2.45, 2.75) is 25.7 Å². The standard InChI is InChI=1S/C15H20N2O4/c1-21-14-12(7-4-8-16-14)13(18)17-9-10-5-2-3-6-11(10)15(19)20/h4,7-8,10-11H,2-3,5-6,9H2,1H3,(H,17,18)(H,19,20). The van der Waals surface area contributed by atoms with Crippen LogP contribution in [0.2, 0.25) is 0 Å². The van der Waals surface area contributed by atoms with Crippen LogP contribution in [0.5, 0.6) is 5.88 Å². The molecule has 21 heavy (non-hydrogen) atoms. The number of nitrogens with one attached hydrogen (secondary N) is 1. The first-order chi connectivity index (χ1) is 10.1. The first kappa shape index (κ1) is 15.3. The van der Waals surface area contributed by atoms with E-state index in [2.05, 4.69) is 10.3 Å². The van der Waals surface area contributed by atoms with Crippen LogP contribution in [0.3, 0.4) is 0 Å². The zero-order valence-corrected chi connectivity index (χ0v) is 12.0. The Labute approximate surface area is 123 Å². The number of carbonyl (C=O) groups is 2. The van der Waals surface area contributed by atoms with Crippen molar-refractivity contribution >= 4 is 11.9 Å². The van der Waals surface area contributed by atoms with E-state index in [0.717, 1.165) is 19.3 Å². The normalized spacial score (nSPS) is 21.6.